The molecule has 0 aliphatic rings. The molecule has 2 N–H and O–H groups in total. The summed E-state index contributed by atoms with van der Waals surface area (Å²) in [5.74, 6) is -0.799. The number of carboxylic acid groups (broad SMARTS) is 1. The number of thioether (sulfide) groups is 1. The van der Waals surface area contributed by atoms with Crippen molar-refractivity contribution in [2.75, 3.05) is 32.1 Å². The highest BCUT2D eigenvalue weighted by Gasteiger charge is 2.38. The van der Waals surface area contributed by atoms with Crippen molar-refractivity contribution in [2.45, 2.75) is 45.3 Å². The molecule has 1 amide bonds. The zero-order valence-electron chi connectivity index (χ0n) is 18.0. The Labute approximate surface area is 181 Å². The predicted octanol–water partition coefficient (Wildman–Crippen LogP) is 4.08. The van der Waals surface area contributed by atoms with E-state index >= 15 is 0 Å². The average Bonchev–Trinajstić information content (AvgIpc) is 2.68. The Morgan fingerprint density at radius 3 is 2.17 bits per heavy atom. The lowest BCUT2D eigenvalue weighted by Crippen LogP contribution is -2.47. The van der Waals surface area contributed by atoms with Crippen LogP contribution in [0.5, 0.6) is 0 Å². The molecule has 0 unspecified atom stereocenters. The Bertz CT molecular complexity index is 613. The van der Waals surface area contributed by atoms with Crippen LogP contribution in [0.15, 0.2) is 30.3 Å². The molecule has 5 nitrogen and oxygen atoms in total. The molecule has 0 spiro atoms. The number of hydrogen-bond acceptors (Lipinski definition) is 4. The van der Waals surface area contributed by atoms with Gasteiger partial charge in [-0.15, -0.1) is 0 Å². The first-order valence-corrected chi connectivity index (χ1v) is 11.2. The SMILES string of the molecule is CN[C@@H](Cc1ccccc1)C(=O)N(CCCSC)CCC(C)C.O=C(O)C(F)(F)F. The maximum Gasteiger partial charge on any atom is 0.490 e. The highest BCUT2D eigenvalue weighted by molar-refractivity contribution is 7.98. The summed E-state index contributed by atoms with van der Waals surface area (Å²) in [6, 6.07) is 10.1. The second kappa shape index (κ2) is 15.1. The topological polar surface area (TPSA) is 69.6 Å². The van der Waals surface area contributed by atoms with E-state index in [2.05, 4.69) is 42.5 Å². The molecule has 1 aromatic carbocycles. The average molecular weight is 451 g/mol. The third-order valence-corrected chi connectivity index (χ3v) is 4.93. The van der Waals surface area contributed by atoms with Crippen molar-refractivity contribution in [3.63, 3.8) is 0 Å². The first-order valence-electron chi connectivity index (χ1n) is 9.81. The van der Waals surface area contributed by atoms with Crippen molar-refractivity contribution in [1.29, 1.82) is 0 Å². The van der Waals surface area contributed by atoms with Crippen LogP contribution in [0.3, 0.4) is 0 Å². The van der Waals surface area contributed by atoms with Crippen molar-refractivity contribution in [3.05, 3.63) is 35.9 Å². The summed E-state index contributed by atoms with van der Waals surface area (Å²) in [6.45, 7) is 6.14. The summed E-state index contributed by atoms with van der Waals surface area (Å²) in [4.78, 5) is 23.9. The van der Waals surface area contributed by atoms with Gasteiger partial charge in [-0.2, -0.15) is 24.9 Å². The van der Waals surface area contributed by atoms with E-state index in [0.717, 1.165) is 38.1 Å². The summed E-state index contributed by atoms with van der Waals surface area (Å²) in [6.07, 6.45) is -0.0947. The number of benzene rings is 1. The number of carbonyl (C=O) groups excluding carboxylic acids is 1. The molecule has 0 radical (unpaired) electrons. The lowest BCUT2D eigenvalue weighted by Gasteiger charge is -2.28. The standard InChI is InChI=1S/C19H32N2OS.C2HF3O2/c1-16(2)11-13-21(12-8-14-23-4)19(22)18(20-3)15-17-9-6-5-7-10-17;3-2(4,5)1(6)7/h5-7,9-10,16,18,20H,8,11-15H2,1-4H3;(H,6,7)/t18-;/m0./s1. The van der Waals surface area contributed by atoms with Gasteiger partial charge in [-0.25, -0.2) is 4.79 Å². The molecule has 1 rings (SSSR count). The largest absolute Gasteiger partial charge is 0.490 e. The number of amides is 1. The Kier molecular flexibility index (Phi) is 14.2. The van der Waals surface area contributed by atoms with E-state index in [1.54, 1.807) is 0 Å². The monoisotopic (exact) mass is 450 g/mol. The second-order valence-electron chi connectivity index (χ2n) is 7.19. The molecule has 0 heterocycles. The van der Waals surface area contributed by atoms with Gasteiger partial charge in [-0.3, -0.25) is 4.79 Å². The number of carbonyl (C=O) groups is 2. The number of carboxylic acids is 1. The van der Waals surface area contributed by atoms with Crippen molar-refractivity contribution in [2.24, 2.45) is 5.92 Å². The van der Waals surface area contributed by atoms with Crippen molar-refractivity contribution in [1.82, 2.24) is 10.2 Å². The van der Waals surface area contributed by atoms with Gasteiger partial charge in [0.15, 0.2) is 0 Å². The second-order valence-corrected chi connectivity index (χ2v) is 8.17. The number of likely N-dealkylation sites (N-methyl/N-ethyl adjacent to an activating group) is 1. The molecule has 0 bridgehead atoms. The van der Waals surface area contributed by atoms with Gasteiger partial charge in [0.25, 0.3) is 0 Å². The Morgan fingerprint density at radius 1 is 1.17 bits per heavy atom. The van der Waals surface area contributed by atoms with Gasteiger partial charge in [-0.05, 0) is 49.8 Å². The lowest BCUT2D eigenvalue weighted by atomic mass is 10.0. The number of alkyl halides is 3. The molecule has 0 aromatic heterocycles. The minimum Gasteiger partial charge on any atom is -0.475 e. The van der Waals surface area contributed by atoms with Crippen molar-refractivity contribution < 1.29 is 27.9 Å². The van der Waals surface area contributed by atoms with E-state index in [1.807, 2.05) is 37.0 Å². The van der Waals surface area contributed by atoms with Crippen LogP contribution >= 0.6 is 11.8 Å². The molecule has 0 aliphatic carbocycles. The molecule has 0 aliphatic heterocycles. The molecule has 172 valence electrons. The Hall–Kier alpha value is -1.74. The fourth-order valence-electron chi connectivity index (χ4n) is 2.53. The molecule has 0 saturated carbocycles. The number of nitrogens with one attached hydrogen (secondary N) is 1. The maximum absolute atomic E-state index is 12.9. The normalized spacial score (nSPS) is 12.1. The van der Waals surface area contributed by atoms with Crippen LogP contribution in [-0.2, 0) is 16.0 Å². The van der Waals surface area contributed by atoms with Crippen molar-refractivity contribution >= 4 is 23.6 Å². The van der Waals surface area contributed by atoms with Crippen LogP contribution in [0.4, 0.5) is 13.2 Å². The maximum atomic E-state index is 12.9. The van der Waals surface area contributed by atoms with Crippen LogP contribution < -0.4 is 5.32 Å². The van der Waals surface area contributed by atoms with Crippen LogP contribution in [0.1, 0.15) is 32.3 Å². The fraction of sp³-hybridized carbons (Fsp3) is 0.619. The third-order valence-electron chi connectivity index (χ3n) is 4.24. The summed E-state index contributed by atoms with van der Waals surface area (Å²) in [5.41, 5.74) is 1.20. The molecule has 0 saturated heterocycles. The Balaban J connectivity index is 0.00000103. The number of hydrogen-bond donors (Lipinski definition) is 2. The molecular formula is C21H33F3N2O3S. The quantitative estimate of drug-likeness (QED) is 0.497. The van der Waals surface area contributed by atoms with Gasteiger partial charge in [0.1, 0.15) is 0 Å². The Morgan fingerprint density at radius 2 is 1.73 bits per heavy atom. The smallest absolute Gasteiger partial charge is 0.475 e. The predicted molar refractivity (Wildman–Crippen MR) is 116 cm³/mol. The lowest BCUT2D eigenvalue weighted by molar-refractivity contribution is -0.192. The van der Waals surface area contributed by atoms with E-state index in [4.69, 9.17) is 9.90 Å². The first-order chi connectivity index (χ1) is 14.0. The summed E-state index contributed by atoms with van der Waals surface area (Å²) in [5, 5.41) is 10.3. The number of rotatable bonds is 11. The summed E-state index contributed by atoms with van der Waals surface area (Å²) < 4.78 is 31.7. The van der Waals surface area contributed by atoms with E-state index in [-0.39, 0.29) is 11.9 Å². The van der Waals surface area contributed by atoms with Gasteiger partial charge in [-0.1, -0.05) is 44.2 Å². The van der Waals surface area contributed by atoms with Gasteiger partial charge in [0, 0.05) is 13.1 Å². The van der Waals surface area contributed by atoms with Gasteiger partial charge >= 0.3 is 12.1 Å². The third kappa shape index (κ3) is 12.7. The van der Waals surface area contributed by atoms with Gasteiger partial charge in [0.05, 0.1) is 6.04 Å². The highest BCUT2D eigenvalue weighted by atomic mass is 32.2. The molecule has 9 heteroatoms. The number of nitrogens with zero attached hydrogens (tertiary/aromatic N) is 1. The zero-order valence-corrected chi connectivity index (χ0v) is 18.9. The van der Waals surface area contributed by atoms with E-state index in [1.165, 1.54) is 5.56 Å². The molecule has 1 aromatic rings. The fourth-order valence-corrected chi connectivity index (χ4v) is 2.95. The highest BCUT2D eigenvalue weighted by Crippen LogP contribution is 2.13. The van der Waals surface area contributed by atoms with Crippen LogP contribution in [-0.4, -0.2) is 66.2 Å². The van der Waals surface area contributed by atoms with Gasteiger partial charge < -0.3 is 15.3 Å². The van der Waals surface area contributed by atoms with Gasteiger partial charge in [0.2, 0.25) is 5.91 Å². The van der Waals surface area contributed by atoms with Crippen LogP contribution in [0, 0.1) is 5.92 Å². The van der Waals surface area contributed by atoms with E-state index in [0.29, 0.717) is 5.92 Å². The first kappa shape index (κ1) is 28.3. The number of aliphatic carboxylic acids is 1. The summed E-state index contributed by atoms with van der Waals surface area (Å²) in [7, 11) is 1.88. The summed E-state index contributed by atoms with van der Waals surface area (Å²) >= 11 is 1.84. The minimum atomic E-state index is -5.08. The van der Waals surface area contributed by atoms with E-state index in [9.17, 15) is 18.0 Å². The van der Waals surface area contributed by atoms with E-state index < -0.39 is 12.1 Å². The minimum absolute atomic E-state index is 0.140. The van der Waals surface area contributed by atoms with Crippen molar-refractivity contribution in [3.8, 4) is 0 Å². The molecule has 30 heavy (non-hydrogen) atoms. The van der Waals surface area contributed by atoms with Crippen LogP contribution in [0.25, 0.3) is 0 Å². The van der Waals surface area contributed by atoms with Crippen LogP contribution in [0.2, 0.25) is 0 Å². The number of halogens is 3. The molecule has 1 atom stereocenters. The molecular weight excluding hydrogens is 417 g/mol. The zero-order chi connectivity index (χ0) is 23.2. The molecule has 0 fully saturated rings.